The van der Waals surface area contributed by atoms with E-state index in [1.165, 1.54) is 12.1 Å². The number of hydrogen-bond donors (Lipinski definition) is 0. The molecule has 0 aromatic heterocycles. The fourth-order valence-corrected chi connectivity index (χ4v) is 0.986. The van der Waals surface area contributed by atoms with Gasteiger partial charge in [0.05, 0.1) is 4.92 Å². The highest BCUT2D eigenvalue weighted by Gasteiger charge is 2.06. The summed E-state index contributed by atoms with van der Waals surface area (Å²) in [6, 6.07) is 5.82. The zero-order valence-electron chi connectivity index (χ0n) is 8.80. The molecule has 16 heavy (non-hydrogen) atoms. The third-order valence-electron chi connectivity index (χ3n) is 1.87. The first-order valence-electron chi connectivity index (χ1n) is 4.56. The summed E-state index contributed by atoms with van der Waals surface area (Å²) in [6.45, 7) is 5.08. The standard InChI is InChI=1S/C11H11NO4/c1-8(2)11(13)16-7-9-3-5-10(6-4-9)12(14)15/h3-6H,1,7H2,2H3. The minimum Gasteiger partial charge on any atom is -0.457 e. The van der Waals surface area contributed by atoms with Crippen molar-refractivity contribution in [3.05, 3.63) is 52.1 Å². The Bertz CT molecular complexity index is 422. The Morgan fingerprint density at radius 1 is 1.44 bits per heavy atom. The highest BCUT2D eigenvalue weighted by Crippen LogP contribution is 2.12. The van der Waals surface area contributed by atoms with Crippen molar-refractivity contribution in [2.24, 2.45) is 0 Å². The Labute approximate surface area is 92.5 Å². The average molecular weight is 221 g/mol. The summed E-state index contributed by atoms with van der Waals surface area (Å²) in [5.74, 6) is -0.474. The van der Waals surface area contributed by atoms with Crippen molar-refractivity contribution in [2.45, 2.75) is 13.5 Å². The fourth-order valence-electron chi connectivity index (χ4n) is 0.986. The van der Waals surface area contributed by atoms with Crippen LogP contribution < -0.4 is 0 Å². The zero-order valence-corrected chi connectivity index (χ0v) is 8.80. The third-order valence-corrected chi connectivity index (χ3v) is 1.87. The molecule has 84 valence electrons. The second kappa shape index (κ2) is 5.06. The highest BCUT2D eigenvalue weighted by atomic mass is 16.6. The lowest BCUT2D eigenvalue weighted by Gasteiger charge is -2.03. The summed E-state index contributed by atoms with van der Waals surface area (Å²) < 4.78 is 4.88. The zero-order chi connectivity index (χ0) is 12.1. The van der Waals surface area contributed by atoms with Crippen molar-refractivity contribution in [1.29, 1.82) is 0 Å². The van der Waals surface area contributed by atoms with Gasteiger partial charge in [0.2, 0.25) is 0 Å². The van der Waals surface area contributed by atoms with Crippen LogP contribution in [-0.2, 0) is 16.1 Å². The maximum Gasteiger partial charge on any atom is 0.333 e. The van der Waals surface area contributed by atoms with Gasteiger partial charge in [-0.15, -0.1) is 0 Å². The van der Waals surface area contributed by atoms with Crippen LogP contribution in [-0.4, -0.2) is 10.9 Å². The van der Waals surface area contributed by atoms with Crippen LogP contribution in [0, 0.1) is 10.1 Å². The lowest BCUT2D eigenvalue weighted by molar-refractivity contribution is -0.384. The van der Waals surface area contributed by atoms with Gasteiger partial charge < -0.3 is 4.74 Å². The van der Waals surface area contributed by atoms with E-state index in [4.69, 9.17) is 4.74 Å². The molecule has 1 rings (SSSR count). The molecule has 5 nitrogen and oxygen atoms in total. The van der Waals surface area contributed by atoms with E-state index in [1.807, 2.05) is 0 Å². The summed E-state index contributed by atoms with van der Waals surface area (Å²) in [6.07, 6.45) is 0. The number of non-ortho nitro benzene ring substituents is 1. The van der Waals surface area contributed by atoms with E-state index in [0.717, 1.165) is 0 Å². The molecule has 0 heterocycles. The van der Waals surface area contributed by atoms with Crippen LogP contribution in [0.2, 0.25) is 0 Å². The molecular formula is C11H11NO4. The van der Waals surface area contributed by atoms with Gasteiger partial charge in [-0.25, -0.2) is 4.79 Å². The number of nitro benzene ring substituents is 1. The Hall–Kier alpha value is -2.17. The number of nitro groups is 1. The van der Waals surface area contributed by atoms with Crippen molar-refractivity contribution < 1.29 is 14.5 Å². The normalized spacial score (nSPS) is 9.56. The van der Waals surface area contributed by atoms with Crippen LogP contribution in [0.1, 0.15) is 12.5 Å². The topological polar surface area (TPSA) is 69.4 Å². The summed E-state index contributed by atoms with van der Waals surface area (Å²) >= 11 is 0. The summed E-state index contributed by atoms with van der Waals surface area (Å²) in [4.78, 5) is 21.0. The van der Waals surface area contributed by atoms with Crippen LogP contribution in [0.15, 0.2) is 36.4 Å². The molecule has 5 heteroatoms. The van der Waals surface area contributed by atoms with Gasteiger partial charge in [0.25, 0.3) is 5.69 Å². The first-order valence-corrected chi connectivity index (χ1v) is 4.56. The van der Waals surface area contributed by atoms with Gasteiger partial charge in [-0.2, -0.15) is 0 Å². The summed E-state index contributed by atoms with van der Waals surface area (Å²) in [7, 11) is 0. The number of carbonyl (C=O) groups is 1. The van der Waals surface area contributed by atoms with Crippen molar-refractivity contribution in [1.82, 2.24) is 0 Å². The first-order chi connectivity index (χ1) is 7.50. The number of benzene rings is 1. The molecule has 0 aliphatic carbocycles. The number of rotatable bonds is 4. The van der Waals surface area contributed by atoms with E-state index in [9.17, 15) is 14.9 Å². The molecule has 0 N–H and O–H groups in total. The fraction of sp³-hybridized carbons (Fsp3) is 0.182. The van der Waals surface area contributed by atoms with Crippen LogP contribution >= 0.6 is 0 Å². The maximum atomic E-state index is 11.1. The second-order valence-electron chi connectivity index (χ2n) is 3.28. The van der Waals surface area contributed by atoms with Gasteiger partial charge in [0.15, 0.2) is 0 Å². The van der Waals surface area contributed by atoms with Crippen LogP contribution in [0.3, 0.4) is 0 Å². The molecule has 0 fully saturated rings. The SMILES string of the molecule is C=C(C)C(=O)OCc1ccc([N+](=O)[O-])cc1. The van der Waals surface area contributed by atoms with E-state index < -0.39 is 10.9 Å². The van der Waals surface area contributed by atoms with E-state index in [-0.39, 0.29) is 12.3 Å². The quantitative estimate of drug-likeness (QED) is 0.338. The van der Waals surface area contributed by atoms with Gasteiger partial charge in [-0.1, -0.05) is 6.58 Å². The predicted octanol–water partition coefficient (Wildman–Crippen LogP) is 2.21. The number of ether oxygens (including phenoxy) is 1. The van der Waals surface area contributed by atoms with Crippen molar-refractivity contribution in [2.75, 3.05) is 0 Å². The lowest BCUT2D eigenvalue weighted by atomic mass is 10.2. The minimum absolute atomic E-state index is 0.00924. The van der Waals surface area contributed by atoms with E-state index in [0.29, 0.717) is 11.1 Å². The number of hydrogen-bond acceptors (Lipinski definition) is 4. The molecule has 0 amide bonds. The molecule has 1 aromatic rings. The average Bonchev–Trinajstić information content (AvgIpc) is 2.26. The van der Waals surface area contributed by atoms with Gasteiger partial charge in [0.1, 0.15) is 6.61 Å². The molecular weight excluding hydrogens is 210 g/mol. The Kier molecular flexibility index (Phi) is 3.77. The summed E-state index contributed by atoms with van der Waals surface area (Å²) in [5.41, 5.74) is 1.03. The smallest absolute Gasteiger partial charge is 0.333 e. The molecule has 0 saturated heterocycles. The van der Waals surface area contributed by atoms with Gasteiger partial charge in [-0.3, -0.25) is 10.1 Å². The number of esters is 1. The van der Waals surface area contributed by atoms with E-state index in [1.54, 1.807) is 19.1 Å². The van der Waals surface area contributed by atoms with Crippen LogP contribution in [0.25, 0.3) is 0 Å². The molecule has 0 bridgehead atoms. The van der Waals surface area contributed by atoms with Gasteiger partial charge in [0, 0.05) is 17.7 Å². The molecule has 1 aromatic carbocycles. The van der Waals surface area contributed by atoms with Gasteiger partial charge in [-0.05, 0) is 24.6 Å². The molecule has 0 aliphatic heterocycles. The van der Waals surface area contributed by atoms with Gasteiger partial charge >= 0.3 is 5.97 Å². The second-order valence-corrected chi connectivity index (χ2v) is 3.28. The highest BCUT2D eigenvalue weighted by molar-refractivity contribution is 5.86. The number of nitrogens with zero attached hydrogens (tertiary/aromatic N) is 1. The monoisotopic (exact) mass is 221 g/mol. The van der Waals surface area contributed by atoms with Crippen molar-refractivity contribution >= 4 is 11.7 Å². The molecule has 0 aliphatic rings. The molecule has 0 saturated carbocycles. The maximum absolute atomic E-state index is 11.1. The Balaban J connectivity index is 2.59. The molecule has 0 unspecified atom stereocenters. The summed E-state index contributed by atoms with van der Waals surface area (Å²) in [5, 5.41) is 10.4. The molecule has 0 spiro atoms. The van der Waals surface area contributed by atoms with Crippen molar-refractivity contribution in [3.8, 4) is 0 Å². The minimum atomic E-state index is -0.482. The van der Waals surface area contributed by atoms with Crippen molar-refractivity contribution in [3.63, 3.8) is 0 Å². The Morgan fingerprint density at radius 3 is 2.44 bits per heavy atom. The van der Waals surface area contributed by atoms with E-state index >= 15 is 0 Å². The Morgan fingerprint density at radius 2 is 2.00 bits per heavy atom. The largest absolute Gasteiger partial charge is 0.457 e. The first kappa shape index (κ1) is 11.9. The van der Waals surface area contributed by atoms with Crippen LogP contribution in [0.4, 0.5) is 5.69 Å². The molecule has 0 radical (unpaired) electrons. The third kappa shape index (κ3) is 3.20. The molecule has 0 atom stereocenters. The lowest BCUT2D eigenvalue weighted by Crippen LogP contribution is -2.04. The number of carbonyl (C=O) groups excluding carboxylic acids is 1. The van der Waals surface area contributed by atoms with Crippen LogP contribution in [0.5, 0.6) is 0 Å². The predicted molar refractivity (Wildman–Crippen MR) is 57.7 cm³/mol. The van der Waals surface area contributed by atoms with E-state index in [2.05, 4.69) is 6.58 Å².